The number of amides is 2. The number of imidazole rings is 1. The number of carbonyl (C=O) groups excluding carboxylic acids is 2. The van der Waals surface area contributed by atoms with Crippen molar-refractivity contribution in [2.24, 2.45) is 0 Å². The highest BCUT2D eigenvalue weighted by Crippen LogP contribution is 2.32. The number of hydrogen-bond donors (Lipinski definition) is 1. The fourth-order valence-corrected chi connectivity index (χ4v) is 5.05. The second-order valence-electron chi connectivity index (χ2n) is 6.19. The molecule has 130 valence electrons. The molecule has 1 aliphatic heterocycles. The minimum absolute atomic E-state index is 0.0442. The summed E-state index contributed by atoms with van der Waals surface area (Å²) in [5, 5.41) is 4.94. The third-order valence-electron chi connectivity index (χ3n) is 4.58. The average Bonchev–Trinajstić information content (AvgIpc) is 3.34. The molecule has 1 N–H and O–H groups in total. The Labute approximate surface area is 156 Å². The maximum atomic E-state index is 12.6. The molecule has 0 spiro atoms. The third-order valence-corrected chi connectivity index (χ3v) is 6.35. The molecule has 4 aromatic rings. The van der Waals surface area contributed by atoms with E-state index >= 15 is 0 Å². The summed E-state index contributed by atoms with van der Waals surface area (Å²) in [5.74, 6) is -0.0963. The molecule has 0 atom stereocenters. The van der Waals surface area contributed by atoms with Crippen LogP contribution in [-0.4, -0.2) is 27.7 Å². The summed E-state index contributed by atoms with van der Waals surface area (Å²) in [4.78, 5) is 33.0. The van der Waals surface area contributed by atoms with Crippen molar-refractivity contribution in [1.29, 1.82) is 0 Å². The molecular weight excluding hydrogens is 368 g/mol. The minimum Gasteiger partial charge on any atom is -0.321 e. The second-order valence-corrected chi connectivity index (χ2v) is 8.09. The standard InChI is InChI=1S/C18H14N4O2S2/c1-10(23)21-5-4-11-8-12(2-3-13(11)21)19-16(24)15-9-14-17(26-15)20-18-22(14)6-7-25-18/h2-3,6-9H,4-5H2,1H3,(H,19,24). The van der Waals surface area contributed by atoms with Gasteiger partial charge in [-0.1, -0.05) is 0 Å². The zero-order valence-corrected chi connectivity index (χ0v) is 15.5. The number of anilines is 2. The number of thiazole rings is 1. The highest BCUT2D eigenvalue weighted by Gasteiger charge is 2.22. The van der Waals surface area contributed by atoms with Crippen molar-refractivity contribution in [2.45, 2.75) is 13.3 Å². The van der Waals surface area contributed by atoms with Crippen LogP contribution in [0, 0.1) is 0 Å². The highest BCUT2D eigenvalue weighted by molar-refractivity contribution is 7.21. The maximum Gasteiger partial charge on any atom is 0.265 e. The van der Waals surface area contributed by atoms with Crippen LogP contribution in [0.15, 0.2) is 35.8 Å². The van der Waals surface area contributed by atoms with Crippen LogP contribution >= 0.6 is 22.7 Å². The van der Waals surface area contributed by atoms with Crippen LogP contribution in [0.1, 0.15) is 22.2 Å². The van der Waals surface area contributed by atoms with E-state index in [1.807, 2.05) is 40.2 Å². The van der Waals surface area contributed by atoms with Gasteiger partial charge in [-0.05, 0) is 36.2 Å². The van der Waals surface area contributed by atoms with Crippen LogP contribution in [0.4, 0.5) is 11.4 Å². The maximum absolute atomic E-state index is 12.6. The lowest BCUT2D eigenvalue weighted by Crippen LogP contribution is -2.25. The summed E-state index contributed by atoms with van der Waals surface area (Å²) in [6, 6.07) is 7.58. The van der Waals surface area contributed by atoms with Gasteiger partial charge in [0.1, 0.15) is 4.83 Å². The van der Waals surface area contributed by atoms with Crippen LogP contribution in [0.5, 0.6) is 0 Å². The Morgan fingerprint density at radius 1 is 1.27 bits per heavy atom. The fraction of sp³-hybridized carbons (Fsp3) is 0.167. The monoisotopic (exact) mass is 382 g/mol. The number of nitrogens with zero attached hydrogens (tertiary/aromatic N) is 3. The summed E-state index contributed by atoms with van der Waals surface area (Å²) in [6.07, 6.45) is 2.77. The first-order chi connectivity index (χ1) is 12.6. The molecule has 5 rings (SSSR count). The summed E-state index contributed by atoms with van der Waals surface area (Å²) < 4.78 is 2.00. The van der Waals surface area contributed by atoms with Crippen LogP contribution in [-0.2, 0) is 11.2 Å². The van der Waals surface area contributed by atoms with Gasteiger partial charge in [0.25, 0.3) is 5.91 Å². The van der Waals surface area contributed by atoms with Crippen molar-refractivity contribution in [2.75, 3.05) is 16.8 Å². The van der Waals surface area contributed by atoms with E-state index in [-0.39, 0.29) is 11.8 Å². The summed E-state index contributed by atoms with van der Waals surface area (Å²) in [7, 11) is 0. The predicted molar refractivity (Wildman–Crippen MR) is 105 cm³/mol. The van der Waals surface area contributed by atoms with Crippen LogP contribution in [0.3, 0.4) is 0 Å². The van der Waals surface area contributed by atoms with Gasteiger partial charge < -0.3 is 10.2 Å². The van der Waals surface area contributed by atoms with Gasteiger partial charge in [0.05, 0.1) is 10.4 Å². The molecule has 4 heterocycles. The van der Waals surface area contributed by atoms with Gasteiger partial charge in [0.2, 0.25) is 5.91 Å². The Balaban J connectivity index is 1.42. The average molecular weight is 382 g/mol. The molecule has 6 nitrogen and oxygen atoms in total. The number of rotatable bonds is 2. The zero-order valence-electron chi connectivity index (χ0n) is 13.9. The largest absolute Gasteiger partial charge is 0.321 e. The first kappa shape index (κ1) is 15.5. The first-order valence-corrected chi connectivity index (χ1v) is 9.87. The Morgan fingerprint density at radius 3 is 3.00 bits per heavy atom. The molecule has 0 saturated heterocycles. The molecule has 1 aromatic carbocycles. The third kappa shape index (κ3) is 2.33. The number of fused-ring (bicyclic) bond motifs is 4. The summed E-state index contributed by atoms with van der Waals surface area (Å²) in [5.41, 5.74) is 3.72. The first-order valence-electron chi connectivity index (χ1n) is 8.17. The van der Waals surface area contributed by atoms with Gasteiger partial charge in [-0.2, -0.15) is 0 Å². The Kier molecular flexibility index (Phi) is 3.38. The van der Waals surface area contributed by atoms with E-state index in [0.717, 1.165) is 38.7 Å². The van der Waals surface area contributed by atoms with E-state index in [2.05, 4.69) is 10.3 Å². The summed E-state index contributed by atoms with van der Waals surface area (Å²) in [6.45, 7) is 2.27. The molecule has 0 fully saturated rings. The van der Waals surface area contributed by atoms with E-state index in [1.165, 1.54) is 11.3 Å². The molecule has 2 amide bonds. The molecule has 0 aliphatic carbocycles. The van der Waals surface area contributed by atoms with Crippen LogP contribution in [0.2, 0.25) is 0 Å². The van der Waals surface area contributed by atoms with Gasteiger partial charge in [-0.15, -0.1) is 22.7 Å². The smallest absolute Gasteiger partial charge is 0.265 e. The molecule has 26 heavy (non-hydrogen) atoms. The normalized spacial score (nSPS) is 13.5. The highest BCUT2D eigenvalue weighted by atomic mass is 32.1. The van der Waals surface area contributed by atoms with Crippen LogP contribution in [0.25, 0.3) is 15.3 Å². The topological polar surface area (TPSA) is 66.7 Å². The second kappa shape index (κ2) is 5.65. The van der Waals surface area contributed by atoms with Gasteiger partial charge in [-0.25, -0.2) is 4.98 Å². The van der Waals surface area contributed by atoms with Crippen molar-refractivity contribution in [1.82, 2.24) is 9.38 Å². The molecule has 3 aromatic heterocycles. The fourth-order valence-electron chi connectivity index (χ4n) is 3.36. The van der Waals surface area contributed by atoms with Crippen molar-refractivity contribution in [3.63, 3.8) is 0 Å². The SMILES string of the molecule is CC(=O)N1CCc2cc(NC(=O)c3cc4c(nc5sccn54)s3)ccc21. The van der Waals surface area contributed by atoms with E-state index in [1.54, 1.807) is 23.2 Å². The molecule has 8 heteroatoms. The minimum atomic E-state index is -0.140. The Hall–Kier alpha value is -2.71. The molecular formula is C18H14N4O2S2. The number of benzene rings is 1. The lowest BCUT2D eigenvalue weighted by atomic mass is 10.1. The quantitative estimate of drug-likeness (QED) is 0.574. The lowest BCUT2D eigenvalue weighted by Gasteiger charge is -2.15. The number of aromatic nitrogens is 2. The molecule has 1 aliphatic rings. The van der Waals surface area contributed by atoms with Crippen molar-refractivity contribution >= 4 is 61.2 Å². The van der Waals surface area contributed by atoms with Gasteiger partial charge in [0, 0.05) is 36.4 Å². The molecule has 0 unspecified atom stereocenters. The lowest BCUT2D eigenvalue weighted by molar-refractivity contribution is -0.116. The Morgan fingerprint density at radius 2 is 2.15 bits per heavy atom. The number of thiophene rings is 1. The zero-order chi connectivity index (χ0) is 17.8. The Bertz CT molecular complexity index is 1190. The molecule has 0 saturated carbocycles. The van der Waals surface area contributed by atoms with Crippen LogP contribution < -0.4 is 10.2 Å². The summed E-state index contributed by atoms with van der Waals surface area (Å²) >= 11 is 2.97. The van der Waals surface area contributed by atoms with Crippen molar-refractivity contribution in [3.05, 3.63) is 46.3 Å². The van der Waals surface area contributed by atoms with E-state index in [4.69, 9.17) is 0 Å². The number of carbonyl (C=O) groups is 2. The van der Waals surface area contributed by atoms with Gasteiger partial charge in [0.15, 0.2) is 4.96 Å². The van der Waals surface area contributed by atoms with Crippen molar-refractivity contribution in [3.8, 4) is 0 Å². The number of hydrogen-bond acceptors (Lipinski definition) is 5. The van der Waals surface area contributed by atoms with E-state index in [0.29, 0.717) is 11.4 Å². The predicted octanol–water partition coefficient (Wildman–Crippen LogP) is 3.77. The van der Waals surface area contributed by atoms with Crippen molar-refractivity contribution < 1.29 is 9.59 Å². The molecule has 0 bridgehead atoms. The van der Waals surface area contributed by atoms with E-state index in [9.17, 15) is 9.59 Å². The molecule has 0 radical (unpaired) electrons. The van der Waals surface area contributed by atoms with E-state index < -0.39 is 0 Å². The number of nitrogens with one attached hydrogen (secondary N) is 1. The van der Waals surface area contributed by atoms with Gasteiger partial charge >= 0.3 is 0 Å². The van der Waals surface area contributed by atoms with Gasteiger partial charge in [-0.3, -0.25) is 14.0 Å².